The molecule has 15 heavy (non-hydrogen) atoms. The number of hydrogen-bond donors (Lipinski definition) is 3. The number of halogens is 1. The molecule has 1 aromatic rings. The second kappa shape index (κ2) is 5.06. The lowest BCUT2D eigenvalue weighted by Crippen LogP contribution is -2.31. The average Bonchev–Trinajstić information content (AvgIpc) is 2.26. The van der Waals surface area contributed by atoms with Crippen molar-refractivity contribution in [2.75, 3.05) is 13.7 Å². The predicted molar refractivity (Wildman–Crippen MR) is 53.0 cm³/mol. The number of hydrogen-bond acceptors (Lipinski definition) is 4. The molecule has 4 nitrogen and oxygen atoms in total. The summed E-state index contributed by atoms with van der Waals surface area (Å²) in [7, 11) is 1.36. The Balaban J connectivity index is 2.92. The van der Waals surface area contributed by atoms with Crippen molar-refractivity contribution < 1.29 is 19.3 Å². The Hall–Kier alpha value is -1.17. The maximum absolute atomic E-state index is 13.2. The number of nitrogens with two attached hydrogens (primary N) is 1. The smallest absolute Gasteiger partial charge is 0.165 e. The molecule has 0 saturated heterocycles. The van der Waals surface area contributed by atoms with Gasteiger partial charge in [0.1, 0.15) is 0 Å². The molecule has 0 fully saturated rings. The fraction of sp³-hybridized carbons (Fsp3) is 0.400. The van der Waals surface area contributed by atoms with Crippen LogP contribution in [0.4, 0.5) is 4.39 Å². The lowest BCUT2D eigenvalue weighted by Gasteiger charge is -2.17. The van der Waals surface area contributed by atoms with Gasteiger partial charge in [-0.05, 0) is 17.7 Å². The molecule has 0 heterocycles. The summed E-state index contributed by atoms with van der Waals surface area (Å²) in [4.78, 5) is 0. The van der Waals surface area contributed by atoms with Crippen molar-refractivity contribution in [3.8, 4) is 5.75 Å². The molecule has 0 saturated carbocycles. The molecule has 0 spiro atoms. The number of rotatable bonds is 4. The molecular weight excluding hydrogens is 201 g/mol. The molecule has 0 aliphatic rings. The molecule has 1 rings (SSSR count). The molecule has 0 aromatic heterocycles. The highest BCUT2D eigenvalue weighted by Gasteiger charge is 2.17. The lowest BCUT2D eigenvalue weighted by atomic mass is 10.0. The minimum atomic E-state index is -1.09. The summed E-state index contributed by atoms with van der Waals surface area (Å²) in [5.41, 5.74) is 5.73. The van der Waals surface area contributed by atoms with E-state index in [2.05, 4.69) is 0 Å². The number of aliphatic hydroxyl groups is 2. The van der Waals surface area contributed by atoms with Crippen LogP contribution in [-0.2, 0) is 0 Å². The maximum Gasteiger partial charge on any atom is 0.165 e. The zero-order valence-electron chi connectivity index (χ0n) is 8.35. The third-order valence-electron chi connectivity index (χ3n) is 2.13. The zero-order valence-corrected chi connectivity index (χ0v) is 8.35. The van der Waals surface area contributed by atoms with Crippen LogP contribution in [0.5, 0.6) is 5.75 Å². The summed E-state index contributed by atoms with van der Waals surface area (Å²) >= 11 is 0. The summed E-state index contributed by atoms with van der Waals surface area (Å²) in [5.74, 6) is -0.470. The van der Waals surface area contributed by atoms with Gasteiger partial charge in [-0.3, -0.25) is 0 Å². The Kier molecular flexibility index (Phi) is 4.02. The monoisotopic (exact) mass is 215 g/mol. The van der Waals surface area contributed by atoms with Gasteiger partial charge in [0.25, 0.3) is 0 Å². The Labute approximate surface area is 87.1 Å². The van der Waals surface area contributed by atoms with E-state index in [-0.39, 0.29) is 12.4 Å². The minimum Gasteiger partial charge on any atom is -0.494 e. The Bertz CT molecular complexity index is 332. The van der Waals surface area contributed by atoms with Gasteiger partial charge in [-0.1, -0.05) is 6.07 Å². The summed E-state index contributed by atoms with van der Waals surface area (Å²) < 4.78 is 18.0. The quantitative estimate of drug-likeness (QED) is 0.670. The number of benzene rings is 1. The van der Waals surface area contributed by atoms with Gasteiger partial charge >= 0.3 is 0 Å². The van der Waals surface area contributed by atoms with Gasteiger partial charge in [0, 0.05) is 0 Å². The minimum absolute atomic E-state index is 0.100. The van der Waals surface area contributed by atoms with E-state index >= 15 is 0 Å². The highest BCUT2D eigenvalue weighted by molar-refractivity contribution is 5.30. The van der Waals surface area contributed by atoms with Gasteiger partial charge in [-0.2, -0.15) is 0 Å². The molecule has 2 atom stereocenters. The second-order valence-corrected chi connectivity index (χ2v) is 3.19. The number of aliphatic hydroxyl groups excluding tert-OH is 2. The summed E-state index contributed by atoms with van der Waals surface area (Å²) in [6.07, 6.45) is -1.09. The Morgan fingerprint density at radius 1 is 1.53 bits per heavy atom. The molecule has 5 heteroatoms. The van der Waals surface area contributed by atoms with E-state index < -0.39 is 18.0 Å². The van der Waals surface area contributed by atoms with Crippen molar-refractivity contribution in [3.05, 3.63) is 29.6 Å². The predicted octanol–water partition coefficient (Wildman–Crippen LogP) is 0.187. The lowest BCUT2D eigenvalue weighted by molar-refractivity contribution is 0.109. The van der Waals surface area contributed by atoms with Crippen molar-refractivity contribution in [1.29, 1.82) is 0 Å². The molecule has 0 bridgehead atoms. The fourth-order valence-corrected chi connectivity index (χ4v) is 1.21. The van der Waals surface area contributed by atoms with Crippen LogP contribution in [0.1, 0.15) is 11.7 Å². The molecule has 0 aliphatic carbocycles. The number of ether oxygens (including phenoxy) is 1. The van der Waals surface area contributed by atoms with E-state index in [1.54, 1.807) is 0 Å². The summed E-state index contributed by atoms with van der Waals surface area (Å²) in [6, 6.07) is 3.22. The van der Waals surface area contributed by atoms with Gasteiger partial charge in [0.15, 0.2) is 11.6 Å². The van der Waals surface area contributed by atoms with Crippen molar-refractivity contribution in [2.45, 2.75) is 12.1 Å². The molecule has 0 amide bonds. The van der Waals surface area contributed by atoms with E-state index in [4.69, 9.17) is 15.6 Å². The van der Waals surface area contributed by atoms with E-state index in [9.17, 15) is 9.50 Å². The van der Waals surface area contributed by atoms with Crippen LogP contribution >= 0.6 is 0 Å². The third kappa shape index (κ3) is 2.65. The Morgan fingerprint density at radius 3 is 2.67 bits per heavy atom. The summed E-state index contributed by atoms with van der Waals surface area (Å²) in [5, 5.41) is 18.3. The van der Waals surface area contributed by atoms with Gasteiger partial charge in [0.2, 0.25) is 0 Å². The first-order chi connectivity index (χ1) is 7.10. The SMILES string of the molecule is COc1ccc(C(O)[C@H](N)CO)cc1F. The molecule has 1 unspecified atom stereocenters. The van der Waals surface area contributed by atoms with Gasteiger partial charge in [0.05, 0.1) is 25.9 Å². The van der Waals surface area contributed by atoms with Gasteiger partial charge in [-0.15, -0.1) is 0 Å². The first-order valence-corrected chi connectivity index (χ1v) is 4.48. The van der Waals surface area contributed by atoms with E-state index in [0.717, 1.165) is 6.07 Å². The van der Waals surface area contributed by atoms with E-state index in [1.807, 2.05) is 0 Å². The number of methoxy groups -OCH3 is 1. The molecular formula is C10H14FNO3. The highest BCUT2D eigenvalue weighted by atomic mass is 19.1. The molecule has 84 valence electrons. The van der Waals surface area contributed by atoms with Crippen LogP contribution in [0.2, 0.25) is 0 Å². The maximum atomic E-state index is 13.2. The normalized spacial score (nSPS) is 14.7. The van der Waals surface area contributed by atoms with Gasteiger partial charge in [-0.25, -0.2) is 4.39 Å². The average molecular weight is 215 g/mol. The van der Waals surface area contributed by atoms with Crippen LogP contribution in [0.15, 0.2) is 18.2 Å². The van der Waals surface area contributed by atoms with Crippen LogP contribution in [0, 0.1) is 5.82 Å². The topological polar surface area (TPSA) is 75.7 Å². The fourth-order valence-electron chi connectivity index (χ4n) is 1.21. The standard InChI is InChI=1S/C10H14FNO3/c1-15-9-3-2-6(4-7(9)11)10(14)8(12)5-13/h2-4,8,10,13-14H,5,12H2,1H3/t8-,10?/m1/s1. The first-order valence-electron chi connectivity index (χ1n) is 4.48. The van der Waals surface area contributed by atoms with Crippen LogP contribution < -0.4 is 10.5 Å². The van der Waals surface area contributed by atoms with Crippen LogP contribution in [-0.4, -0.2) is 30.0 Å². The molecule has 0 aliphatic heterocycles. The van der Waals surface area contributed by atoms with Crippen molar-refractivity contribution in [3.63, 3.8) is 0 Å². The zero-order chi connectivity index (χ0) is 11.4. The largest absolute Gasteiger partial charge is 0.494 e. The van der Waals surface area contributed by atoms with Crippen LogP contribution in [0.25, 0.3) is 0 Å². The van der Waals surface area contributed by atoms with Crippen molar-refractivity contribution >= 4 is 0 Å². The molecule has 1 aromatic carbocycles. The first kappa shape index (κ1) is 11.9. The second-order valence-electron chi connectivity index (χ2n) is 3.19. The molecule has 4 N–H and O–H groups in total. The van der Waals surface area contributed by atoms with E-state index in [1.165, 1.54) is 19.2 Å². The molecule has 0 radical (unpaired) electrons. The van der Waals surface area contributed by atoms with Crippen molar-refractivity contribution in [1.82, 2.24) is 0 Å². The Morgan fingerprint density at radius 2 is 2.20 bits per heavy atom. The van der Waals surface area contributed by atoms with Crippen LogP contribution in [0.3, 0.4) is 0 Å². The van der Waals surface area contributed by atoms with Crippen molar-refractivity contribution in [2.24, 2.45) is 5.73 Å². The van der Waals surface area contributed by atoms with E-state index in [0.29, 0.717) is 5.56 Å². The van der Waals surface area contributed by atoms with Gasteiger partial charge < -0.3 is 20.7 Å². The third-order valence-corrected chi connectivity index (χ3v) is 2.13. The highest BCUT2D eigenvalue weighted by Crippen LogP contribution is 2.22. The summed E-state index contributed by atoms with van der Waals surface area (Å²) in [6.45, 7) is -0.366.